The van der Waals surface area contributed by atoms with Crippen LogP contribution in [0.25, 0.3) is 16.9 Å². The lowest BCUT2D eigenvalue weighted by Gasteiger charge is -2.10. The van der Waals surface area contributed by atoms with Gasteiger partial charge in [-0.2, -0.15) is 0 Å². The third kappa shape index (κ3) is 2.31. The highest BCUT2D eigenvalue weighted by Gasteiger charge is 2.22. The van der Waals surface area contributed by atoms with Gasteiger partial charge in [0.25, 0.3) is 0 Å². The van der Waals surface area contributed by atoms with E-state index in [1.165, 1.54) is 4.68 Å². The zero-order valence-electron chi connectivity index (χ0n) is 11.9. The third-order valence-electron chi connectivity index (χ3n) is 3.38. The smallest absolute Gasteiger partial charge is 0.358 e. The number of aryl methyl sites for hydroxylation is 1. The second kappa shape index (κ2) is 5.33. The molecule has 0 aliphatic carbocycles. The van der Waals surface area contributed by atoms with Crippen LogP contribution in [0.1, 0.15) is 16.1 Å². The Morgan fingerprint density at radius 1 is 1.18 bits per heavy atom. The fourth-order valence-electron chi connectivity index (χ4n) is 2.34. The van der Waals surface area contributed by atoms with Crippen LogP contribution in [0.5, 0.6) is 0 Å². The molecule has 6 nitrogen and oxygen atoms in total. The molecule has 0 aliphatic heterocycles. The van der Waals surface area contributed by atoms with Crippen molar-refractivity contribution in [3.05, 3.63) is 59.8 Å². The van der Waals surface area contributed by atoms with Gasteiger partial charge in [0.15, 0.2) is 5.69 Å². The molecule has 0 unspecified atom stereocenters. The van der Waals surface area contributed by atoms with Gasteiger partial charge in [-0.15, -0.1) is 5.10 Å². The molecule has 3 rings (SSSR count). The first-order chi connectivity index (χ1) is 10.6. The molecule has 0 atom stereocenters. The Bertz CT molecular complexity index is 855. The molecule has 0 spiro atoms. The van der Waals surface area contributed by atoms with Gasteiger partial charge in [0.1, 0.15) is 5.69 Å². The molecular formula is C16H14N4O2. The quantitative estimate of drug-likeness (QED) is 0.724. The number of nitrogens with two attached hydrogens (primary N) is 1. The minimum Gasteiger partial charge on any atom is -0.476 e. The van der Waals surface area contributed by atoms with Gasteiger partial charge in [-0.1, -0.05) is 35.5 Å². The van der Waals surface area contributed by atoms with E-state index in [-0.39, 0.29) is 5.69 Å². The van der Waals surface area contributed by atoms with Gasteiger partial charge in [0.05, 0.1) is 5.69 Å². The maximum Gasteiger partial charge on any atom is 0.358 e. The predicted molar refractivity (Wildman–Crippen MR) is 82.9 cm³/mol. The number of aromatic carboxylic acids is 1. The van der Waals surface area contributed by atoms with E-state index in [1.54, 1.807) is 24.3 Å². The molecule has 0 saturated heterocycles. The van der Waals surface area contributed by atoms with E-state index < -0.39 is 5.97 Å². The predicted octanol–water partition coefficient (Wildman–Crippen LogP) is 2.52. The summed E-state index contributed by atoms with van der Waals surface area (Å²) in [6.45, 7) is 1.93. The van der Waals surface area contributed by atoms with Crippen molar-refractivity contribution in [2.45, 2.75) is 6.92 Å². The van der Waals surface area contributed by atoms with Crippen LogP contribution in [0.15, 0.2) is 48.5 Å². The Labute approximate surface area is 126 Å². The van der Waals surface area contributed by atoms with Crippen LogP contribution in [0, 0.1) is 6.92 Å². The number of carboxylic acids is 1. The second-order valence-electron chi connectivity index (χ2n) is 4.92. The molecular weight excluding hydrogens is 280 g/mol. The van der Waals surface area contributed by atoms with E-state index in [2.05, 4.69) is 10.3 Å². The zero-order valence-corrected chi connectivity index (χ0v) is 11.9. The summed E-state index contributed by atoms with van der Waals surface area (Å²) in [4.78, 5) is 11.5. The summed E-state index contributed by atoms with van der Waals surface area (Å²) in [6.07, 6.45) is 0. The molecule has 2 aromatic carbocycles. The number of aromatic nitrogens is 3. The Morgan fingerprint density at radius 3 is 2.64 bits per heavy atom. The molecule has 110 valence electrons. The highest BCUT2D eigenvalue weighted by Crippen LogP contribution is 2.27. The number of para-hydroxylation sites is 1. The van der Waals surface area contributed by atoms with E-state index in [0.717, 1.165) is 11.3 Å². The molecule has 0 amide bonds. The van der Waals surface area contributed by atoms with Gasteiger partial charge in [-0.05, 0) is 30.7 Å². The minimum atomic E-state index is -1.13. The standard InChI is InChI=1S/C16H14N4O2/c1-10-5-2-3-8-13(10)20-15(14(16(21)22)18-19-20)11-6-4-7-12(17)9-11/h2-9H,17H2,1H3,(H,21,22). The van der Waals surface area contributed by atoms with Crippen LogP contribution in [0.4, 0.5) is 5.69 Å². The summed E-state index contributed by atoms with van der Waals surface area (Å²) in [5.41, 5.74) is 9.07. The number of hydrogen-bond donors (Lipinski definition) is 2. The second-order valence-corrected chi connectivity index (χ2v) is 4.92. The van der Waals surface area contributed by atoms with E-state index >= 15 is 0 Å². The zero-order chi connectivity index (χ0) is 15.7. The summed E-state index contributed by atoms with van der Waals surface area (Å²) in [5, 5.41) is 17.2. The lowest BCUT2D eigenvalue weighted by atomic mass is 10.1. The van der Waals surface area contributed by atoms with Crippen molar-refractivity contribution in [2.24, 2.45) is 0 Å². The largest absolute Gasteiger partial charge is 0.476 e. The third-order valence-corrected chi connectivity index (χ3v) is 3.38. The Hall–Kier alpha value is -3.15. The number of anilines is 1. The van der Waals surface area contributed by atoms with Crippen molar-refractivity contribution < 1.29 is 9.90 Å². The van der Waals surface area contributed by atoms with Crippen LogP contribution < -0.4 is 5.73 Å². The summed E-state index contributed by atoms with van der Waals surface area (Å²) < 4.78 is 1.54. The van der Waals surface area contributed by atoms with Crippen molar-refractivity contribution in [1.82, 2.24) is 15.0 Å². The molecule has 0 aliphatic rings. The van der Waals surface area contributed by atoms with E-state index in [9.17, 15) is 9.90 Å². The Morgan fingerprint density at radius 2 is 1.95 bits per heavy atom. The van der Waals surface area contributed by atoms with Gasteiger partial charge in [-0.3, -0.25) is 0 Å². The molecule has 6 heteroatoms. The van der Waals surface area contributed by atoms with Gasteiger partial charge < -0.3 is 10.8 Å². The van der Waals surface area contributed by atoms with Crippen LogP contribution in [-0.4, -0.2) is 26.1 Å². The van der Waals surface area contributed by atoms with Crippen molar-refractivity contribution >= 4 is 11.7 Å². The average molecular weight is 294 g/mol. The number of benzene rings is 2. The topological polar surface area (TPSA) is 94.0 Å². The highest BCUT2D eigenvalue weighted by molar-refractivity contribution is 5.93. The normalized spacial score (nSPS) is 10.6. The Kier molecular flexibility index (Phi) is 3.34. The highest BCUT2D eigenvalue weighted by atomic mass is 16.4. The minimum absolute atomic E-state index is 0.103. The maximum atomic E-state index is 11.5. The summed E-state index contributed by atoms with van der Waals surface area (Å²) in [7, 11) is 0. The molecule has 0 fully saturated rings. The number of hydrogen-bond acceptors (Lipinski definition) is 4. The molecule has 0 bridgehead atoms. The van der Waals surface area contributed by atoms with E-state index in [0.29, 0.717) is 16.9 Å². The van der Waals surface area contributed by atoms with Gasteiger partial charge >= 0.3 is 5.97 Å². The lowest BCUT2D eigenvalue weighted by molar-refractivity contribution is 0.0691. The van der Waals surface area contributed by atoms with Crippen molar-refractivity contribution in [1.29, 1.82) is 0 Å². The SMILES string of the molecule is Cc1ccccc1-n1nnc(C(=O)O)c1-c1cccc(N)c1. The number of carbonyl (C=O) groups is 1. The van der Waals surface area contributed by atoms with E-state index in [1.807, 2.05) is 31.2 Å². The van der Waals surface area contributed by atoms with Gasteiger partial charge in [0.2, 0.25) is 0 Å². The van der Waals surface area contributed by atoms with Crippen molar-refractivity contribution in [3.63, 3.8) is 0 Å². The van der Waals surface area contributed by atoms with Gasteiger partial charge in [-0.25, -0.2) is 9.48 Å². The molecule has 1 aromatic heterocycles. The van der Waals surface area contributed by atoms with E-state index in [4.69, 9.17) is 5.73 Å². The maximum absolute atomic E-state index is 11.5. The number of carboxylic acid groups (broad SMARTS) is 1. The monoisotopic (exact) mass is 294 g/mol. The first kappa shape index (κ1) is 13.8. The average Bonchev–Trinajstić information content (AvgIpc) is 2.92. The van der Waals surface area contributed by atoms with Crippen LogP contribution in [-0.2, 0) is 0 Å². The van der Waals surface area contributed by atoms with Crippen molar-refractivity contribution in [2.75, 3.05) is 5.73 Å². The number of nitrogens with zero attached hydrogens (tertiary/aromatic N) is 3. The first-order valence-corrected chi connectivity index (χ1v) is 6.69. The van der Waals surface area contributed by atoms with Gasteiger partial charge in [0, 0.05) is 11.3 Å². The molecule has 1 heterocycles. The summed E-state index contributed by atoms with van der Waals surface area (Å²) >= 11 is 0. The fraction of sp³-hybridized carbons (Fsp3) is 0.0625. The molecule has 22 heavy (non-hydrogen) atoms. The van der Waals surface area contributed by atoms with Crippen LogP contribution in [0.3, 0.4) is 0 Å². The fourth-order valence-corrected chi connectivity index (χ4v) is 2.34. The molecule has 0 radical (unpaired) electrons. The van der Waals surface area contributed by atoms with Crippen molar-refractivity contribution in [3.8, 4) is 16.9 Å². The lowest BCUT2D eigenvalue weighted by Crippen LogP contribution is -2.04. The number of rotatable bonds is 3. The Balaban J connectivity index is 2.29. The molecule has 3 aromatic rings. The summed E-state index contributed by atoms with van der Waals surface area (Å²) in [6, 6.07) is 14.6. The van der Waals surface area contributed by atoms with Crippen LogP contribution >= 0.6 is 0 Å². The first-order valence-electron chi connectivity index (χ1n) is 6.69. The molecule has 0 saturated carbocycles. The summed E-state index contributed by atoms with van der Waals surface area (Å²) in [5.74, 6) is -1.13. The molecule has 3 N–H and O–H groups in total. The van der Waals surface area contributed by atoms with Crippen LogP contribution in [0.2, 0.25) is 0 Å². The number of nitrogen functional groups attached to an aromatic ring is 1.